The monoisotopic (exact) mass is 323 g/mol. The molecule has 0 aromatic heterocycles. The highest BCUT2D eigenvalue weighted by Crippen LogP contribution is 2.29. The van der Waals surface area contributed by atoms with E-state index >= 15 is 0 Å². The van der Waals surface area contributed by atoms with Gasteiger partial charge in [0.25, 0.3) is 0 Å². The predicted octanol–water partition coefficient (Wildman–Crippen LogP) is 3.63. The van der Waals surface area contributed by atoms with Gasteiger partial charge in [-0.1, -0.05) is 12.1 Å². The Morgan fingerprint density at radius 3 is 2.57 bits per heavy atom. The van der Waals surface area contributed by atoms with E-state index in [0.29, 0.717) is 25.1 Å². The van der Waals surface area contributed by atoms with E-state index in [0.717, 1.165) is 5.56 Å². The number of aromatic hydroxyl groups is 1. The van der Waals surface area contributed by atoms with Gasteiger partial charge in [-0.15, -0.1) is 0 Å². The summed E-state index contributed by atoms with van der Waals surface area (Å²) in [6.07, 6.45) is 0.740. The third-order valence-corrected chi connectivity index (χ3v) is 2.89. The Morgan fingerprint density at radius 1 is 1.26 bits per heavy atom. The van der Waals surface area contributed by atoms with Crippen LogP contribution in [0.2, 0.25) is 0 Å². The highest BCUT2D eigenvalue weighted by Gasteiger charge is 2.18. The molecule has 1 aromatic rings. The second-order valence-corrected chi connectivity index (χ2v) is 6.10. The lowest BCUT2D eigenvalue weighted by molar-refractivity contribution is -0.143. The number of benzene rings is 1. The van der Waals surface area contributed by atoms with E-state index in [4.69, 9.17) is 9.47 Å². The maximum atomic E-state index is 11.9. The first kappa shape index (κ1) is 18.8. The average molecular weight is 323 g/mol. The Labute approximate surface area is 136 Å². The van der Waals surface area contributed by atoms with Crippen LogP contribution in [0.15, 0.2) is 18.2 Å². The molecule has 2 N–H and O–H groups in total. The lowest BCUT2D eigenvalue weighted by Crippen LogP contribution is -2.27. The summed E-state index contributed by atoms with van der Waals surface area (Å²) in [6.45, 7) is 7.40. The second-order valence-electron chi connectivity index (χ2n) is 6.10. The van der Waals surface area contributed by atoms with Gasteiger partial charge in [0.05, 0.1) is 12.3 Å². The molecule has 1 rings (SSSR count). The molecular formula is C17H25NO5. The number of phenolic OH excluding ortho intramolecular Hbond substituents is 1. The predicted molar refractivity (Wildman–Crippen MR) is 87.5 cm³/mol. The van der Waals surface area contributed by atoms with Crippen molar-refractivity contribution in [2.45, 2.75) is 52.6 Å². The molecule has 0 bridgehead atoms. The van der Waals surface area contributed by atoms with Crippen molar-refractivity contribution in [1.29, 1.82) is 0 Å². The number of phenols is 1. The zero-order valence-corrected chi connectivity index (χ0v) is 14.1. The molecule has 0 aliphatic carbocycles. The van der Waals surface area contributed by atoms with E-state index in [9.17, 15) is 14.7 Å². The molecule has 0 saturated heterocycles. The van der Waals surface area contributed by atoms with Crippen LogP contribution in [0.5, 0.6) is 5.75 Å². The molecule has 0 saturated carbocycles. The molecule has 6 heteroatoms. The minimum absolute atomic E-state index is 0.0375. The Kier molecular flexibility index (Phi) is 6.88. The number of anilines is 1. The molecular weight excluding hydrogens is 298 g/mol. The summed E-state index contributed by atoms with van der Waals surface area (Å²) in [5.74, 6) is -0.293. The van der Waals surface area contributed by atoms with E-state index in [1.165, 1.54) is 6.07 Å². The summed E-state index contributed by atoms with van der Waals surface area (Å²) in [7, 11) is 0. The molecule has 6 nitrogen and oxygen atoms in total. The molecule has 1 aromatic carbocycles. The molecule has 0 atom stereocenters. The number of carbonyl (C=O) groups excluding carboxylic acids is 2. The average Bonchev–Trinajstić information content (AvgIpc) is 2.40. The van der Waals surface area contributed by atoms with Crippen molar-refractivity contribution in [3.8, 4) is 5.75 Å². The Hall–Kier alpha value is -2.24. The topological polar surface area (TPSA) is 84.9 Å². The highest BCUT2D eigenvalue weighted by molar-refractivity contribution is 5.88. The summed E-state index contributed by atoms with van der Waals surface area (Å²) in [5.41, 5.74) is 0.421. The molecule has 23 heavy (non-hydrogen) atoms. The number of ether oxygens (including phenoxy) is 2. The summed E-state index contributed by atoms with van der Waals surface area (Å²) in [5, 5.41) is 12.5. The molecule has 0 fully saturated rings. The van der Waals surface area contributed by atoms with Crippen molar-refractivity contribution in [1.82, 2.24) is 0 Å². The van der Waals surface area contributed by atoms with Gasteiger partial charge in [0.2, 0.25) is 0 Å². The van der Waals surface area contributed by atoms with Gasteiger partial charge in [-0.25, -0.2) is 4.79 Å². The largest absolute Gasteiger partial charge is 0.506 e. The molecule has 0 aliphatic heterocycles. The maximum absolute atomic E-state index is 11.9. The molecule has 0 unspecified atom stereocenters. The second kappa shape index (κ2) is 8.41. The number of aryl methyl sites for hydroxylation is 1. The summed E-state index contributed by atoms with van der Waals surface area (Å²) < 4.78 is 10.1. The molecule has 0 heterocycles. The lowest BCUT2D eigenvalue weighted by atomic mass is 10.1. The normalized spacial score (nSPS) is 11.0. The van der Waals surface area contributed by atoms with Crippen molar-refractivity contribution in [2.24, 2.45) is 0 Å². The first-order chi connectivity index (χ1) is 10.7. The number of nitrogens with one attached hydrogen (secondary N) is 1. The van der Waals surface area contributed by atoms with Crippen LogP contribution in [0.4, 0.5) is 10.5 Å². The number of hydrogen-bond donors (Lipinski definition) is 2. The van der Waals surface area contributed by atoms with Gasteiger partial charge in [0, 0.05) is 6.42 Å². The third kappa shape index (κ3) is 7.04. The van der Waals surface area contributed by atoms with Crippen molar-refractivity contribution >= 4 is 17.7 Å². The third-order valence-electron chi connectivity index (χ3n) is 2.89. The SMILES string of the molecule is CCOC(=O)CCCc1cccc(O)c1NC(=O)OC(C)(C)C. The molecule has 1 amide bonds. The van der Waals surface area contributed by atoms with E-state index in [1.807, 2.05) is 0 Å². The smallest absolute Gasteiger partial charge is 0.412 e. The van der Waals surface area contributed by atoms with Gasteiger partial charge in [-0.3, -0.25) is 10.1 Å². The van der Waals surface area contributed by atoms with E-state index in [1.54, 1.807) is 39.8 Å². The zero-order chi connectivity index (χ0) is 17.5. The first-order valence-corrected chi connectivity index (χ1v) is 7.69. The van der Waals surface area contributed by atoms with Gasteiger partial charge < -0.3 is 14.6 Å². The standard InChI is InChI=1S/C17H25NO5/c1-5-22-14(20)11-7-9-12-8-6-10-13(19)15(12)18-16(21)23-17(2,3)4/h6,8,10,19H,5,7,9,11H2,1-4H3,(H,18,21). The van der Waals surface area contributed by atoms with Crippen molar-refractivity contribution in [2.75, 3.05) is 11.9 Å². The Balaban J connectivity index is 2.72. The number of carbonyl (C=O) groups is 2. The fraction of sp³-hybridized carbons (Fsp3) is 0.529. The number of para-hydroxylation sites is 1. The van der Waals surface area contributed by atoms with Crippen LogP contribution in [-0.2, 0) is 20.7 Å². The fourth-order valence-electron chi connectivity index (χ4n) is 2.00. The van der Waals surface area contributed by atoms with Crippen LogP contribution >= 0.6 is 0 Å². The van der Waals surface area contributed by atoms with Crippen LogP contribution in [0.1, 0.15) is 46.1 Å². The van der Waals surface area contributed by atoms with Gasteiger partial charge in [-0.05, 0) is 52.2 Å². The van der Waals surface area contributed by atoms with Crippen LogP contribution in [0.25, 0.3) is 0 Å². The van der Waals surface area contributed by atoms with Gasteiger partial charge in [0.15, 0.2) is 0 Å². The van der Waals surface area contributed by atoms with Gasteiger partial charge in [-0.2, -0.15) is 0 Å². The van der Waals surface area contributed by atoms with Crippen LogP contribution < -0.4 is 5.32 Å². The molecule has 0 spiro atoms. The highest BCUT2D eigenvalue weighted by atomic mass is 16.6. The quantitative estimate of drug-likeness (QED) is 0.617. The van der Waals surface area contributed by atoms with Crippen LogP contribution in [0, 0.1) is 0 Å². The fourth-order valence-corrected chi connectivity index (χ4v) is 2.00. The summed E-state index contributed by atoms with van der Waals surface area (Å²) in [4.78, 5) is 23.2. The molecule has 0 aliphatic rings. The van der Waals surface area contributed by atoms with Gasteiger partial charge in [0.1, 0.15) is 11.4 Å². The van der Waals surface area contributed by atoms with Gasteiger partial charge >= 0.3 is 12.1 Å². The Morgan fingerprint density at radius 2 is 1.96 bits per heavy atom. The number of amides is 1. The number of hydrogen-bond acceptors (Lipinski definition) is 5. The van der Waals surface area contributed by atoms with E-state index in [2.05, 4.69) is 5.32 Å². The summed E-state index contributed by atoms with van der Waals surface area (Å²) in [6, 6.07) is 4.97. The minimum atomic E-state index is -0.634. The number of esters is 1. The van der Waals surface area contributed by atoms with Crippen molar-refractivity contribution in [3.05, 3.63) is 23.8 Å². The van der Waals surface area contributed by atoms with Crippen LogP contribution in [-0.4, -0.2) is 29.4 Å². The lowest BCUT2D eigenvalue weighted by Gasteiger charge is -2.21. The molecule has 0 radical (unpaired) electrons. The Bertz CT molecular complexity index is 548. The van der Waals surface area contributed by atoms with Crippen molar-refractivity contribution in [3.63, 3.8) is 0 Å². The zero-order valence-electron chi connectivity index (χ0n) is 14.1. The number of rotatable bonds is 6. The summed E-state index contributed by atoms with van der Waals surface area (Å²) >= 11 is 0. The van der Waals surface area contributed by atoms with E-state index in [-0.39, 0.29) is 18.1 Å². The molecule has 128 valence electrons. The first-order valence-electron chi connectivity index (χ1n) is 7.69. The maximum Gasteiger partial charge on any atom is 0.412 e. The van der Waals surface area contributed by atoms with Crippen LogP contribution in [0.3, 0.4) is 0 Å². The minimum Gasteiger partial charge on any atom is -0.506 e. The van der Waals surface area contributed by atoms with E-state index < -0.39 is 11.7 Å². The van der Waals surface area contributed by atoms with Crippen molar-refractivity contribution < 1.29 is 24.2 Å².